The summed E-state index contributed by atoms with van der Waals surface area (Å²) in [4.78, 5) is 29.0. The van der Waals surface area contributed by atoms with Crippen LogP contribution in [-0.2, 0) is 10.2 Å². The minimum absolute atomic E-state index is 0.0749. The van der Waals surface area contributed by atoms with Crippen molar-refractivity contribution in [1.82, 2.24) is 9.80 Å². The quantitative estimate of drug-likeness (QED) is 0.894. The second-order valence-electron chi connectivity index (χ2n) is 7.39. The normalized spacial score (nSPS) is 14.3. The van der Waals surface area contributed by atoms with E-state index in [1.165, 1.54) is 0 Å². The highest BCUT2D eigenvalue weighted by atomic mass is 16.2. The molecule has 6 heteroatoms. The van der Waals surface area contributed by atoms with Crippen LogP contribution in [0.1, 0.15) is 25.0 Å². The molecule has 3 amide bonds. The number of nitrogens with zero attached hydrogens (tertiary/aromatic N) is 3. The molecule has 1 aliphatic rings. The van der Waals surface area contributed by atoms with E-state index in [0.717, 1.165) is 5.56 Å². The van der Waals surface area contributed by atoms with Gasteiger partial charge in [0.05, 0.1) is 17.0 Å². The van der Waals surface area contributed by atoms with Gasteiger partial charge in [0.15, 0.2) is 0 Å². The maximum absolute atomic E-state index is 13.0. The molecule has 144 valence electrons. The number of hydrogen-bond donors (Lipinski definition) is 1. The van der Waals surface area contributed by atoms with Gasteiger partial charge in [-0.05, 0) is 43.7 Å². The van der Waals surface area contributed by atoms with Crippen LogP contribution in [0.4, 0.5) is 10.5 Å². The van der Waals surface area contributed by atoms with E-state index in [2.05, 4.69) is 5.32 Å². The average Bonchev–Trinajstić information content (AvgIpc) is 2.74. The van der Waals surface area contributed by atoms with Crippen LogP contribution in [0, 0.1) is 11.3 Å². The molecule has 0 saturated carbocycles. The fraction of sp³-hybridized carbons (Fsp3) is 0.318. The Morgan fingerprint density at radius 2 is 1.50 bits per heavy atom. The monoisotopic (exact) mass is 376 g/mol. The molecule has 2 aromatic rings. The molecule has 0 bridgehead atoms. The van der Waals surface area contributed by atoms with Gasteiger partial charge in [0.2, 0.25) is 5.91 Å². The predicted octanol–water partition coefficient (Wildman–Crippen LogP) is 3.21. The smallest absolute Gasteiger partial charge is 0.321 e. The number of amides is 3. The van der Waals surface area contributed by atoms with E-state index >= 15 is 0 Å². The molecular formula is C22H24N4O2. The van der Waals surface area contributed by atoms with Crippen LogP contribution >= 0.6 is 0 Å². The second kappa shape index (κ2) is 8.13. The minimum Gasteiger partial charge on any atom is -0.338 e. The fourth-order valence-electron chi connectivity index (χ4n) is 3.32. The zero-order chi connectivity index (χ0) is 20.1. The molecule has 28 heavy (non-hydrogen) atoms. The van der Waals surface area contributed by atoms with Crippen molar-refractivity contribution >= 4 is 17.6 Å². The van der Waals surface area contributed by atoms with Crippen LogP contribution < -0.4 is 5.32 Å². The van der Waals surface area contributed by atoms with E-state index in [4.69, 9.17) is 5.26 Å². The molecule has 0 aromatic heterocycles. The third-order valence-corrected chi connectivity index (χ3v) is 5.15. The van der Waals surface area contributed by atoms with Gasteiger partial charge in [-0.25, -0.2) is 4.79 Å². The lowest BCUT2D eigenvalue weighted by Gasteiger charge is -2.38. The summed E-state index contributed by atoms with van der Waals surface area (Å²) in [5, 5.41) is 11.7. The molecule has 6 nitrogen and oxygen atoms in total. The Morgan fingerprint density at radius 1 is 0.929 bits per heavy atom. The number of hydrogen-bond acceptors (Lipinski definition) is 3. The van der Waals surface area contributed by atoms with Gasteiger partial charge in [-0.1, -0.05) is 30.3 Å². The molecule has 2 aromatic carbocycles. The summed E-state index contributed by atoms with van der Waals surface area (Å²) in [7, 11) is 0. The van der Waals surface area contributed by atoms with Gasteiger partial charge in [-0.2, -0.15) is 5.26 Å². The third kappa shape index (κ3) is 4.15. The number of benzene rings is 2. The van der Waals surface area contributed by atoms with Gasteiger partial charge in [-0.3, -0.25) is 4.79 Å². The summed E-state index contributed by atoms with van der Waals surface area (Å²) >= 11 is 0. The Hall–Kier alpha value is -3.33. The number of piperazine rings is 1. The van der Waals surface area contributed by atoms with Crippen LogP contribution in [0.25, 0.3) is 0 Å². The average molecular weight is 376 g/mol. The Labute approximate surface area is 165 Å². The molecule has 1 saturated heterocycles. The Morgan fingerprint density at radius 3 is 2.07 bits per heavy atom. The summed E-state index contributed by atoms with van der Waals surface area (Å²) in [6, 6.07) is 18.4. The molecule has 0 spiro atoms. The number of rotatable bonds is 3. The molecule has 1 aliphatic heterocycles. The standard InChI is InChI=1S/C22H24N4O2/c1-22(2,18-6-4-3-5-7-18)20(27)25-12-14-26(15-13-25)21(28)24-19-10-8-17(16-23)9-11-19/h3-11H,12-15H2,1-2H3,(H,24,28). The van der Waals surface area contributed by atoms with E-state index in [-0.39, 0.29) is 11.9 Å². The van der Waals surface area contributed by atoms with Crippen molar-refractivity contribution in [1.29, 1.82) is 5.26 Å². The largest absolute Gasteiger partial charge is 0.338 e. The van der Waals surface area contributed by atoms with Crippen LogP contribution in [0.3, 0.4) is 0 Å². The first-order valence-electron chi connectivity index (χ1n) is 9.33. The lowest BCUT2D eigenvalue weighted by Crippen LogP contribution is -2.55. The van der Waals surface area contributed by atoms with Gasteiger partial charge in [0, 0.05) is 31.9 Å². The van der Waals surface area contributed by atoms with Crippen molar-refractivity contribution < 1.29 is 9.59 Å². The first kappa shape index (κ1) is 19.4. The highest BCUT2D eigenvalue weighted by molar-refractivity contribution is 5.90. The van der Waals surface area contributed by atoms with Crippen molar-refractivity contribution in [2.75, 3.05) is 31.5 Å². The Bertz CT molecular complexity index is 877. The minimum atomic E-state index is -0.603. The Kier molecular flexibility index (Phi) is 5.65. The number of anilines is 1. The van der Waals surface area contributed by atoms with Gasteiger partial charge < -0.3 is 15.1 Å². The summed E-state index contributed by atoms with van der Waals surface area (Å²) in [6.07, 6.45) is 0. The molecule has 1 heterocycles. The number of urea groups is 1. The van der Waals surface area contributed by atoms with Crippen molar-refractivity contribution in [3.63, 3.8) is 0 Å². The maximum Gasteiger partial charge on any atom is 0.321 e. The van der Waals surface area contributed by atoms with Crippen LogP contribution in [0.15, 0.2) is 54.6 Å². The summed E-state index contributed by atoms with van der Waals surface area (Å²) in [5.74, 6) is 0.0749. The van der Waals surface area contributed by atoms with Gasteiger partial charge in [0.25, 0.3) is 0 Å². The van der Waals surface area contributed by atoms with E-state index in [1.807, 2.05) is 55.1 Å². The molecule has 1 N–H and O–H groups in total. The van der Waals surface area contributed by atoms with Gasteiger partial charge >= 0.3 is 6.03 Å². The van der Waals surface area contributed by atoms with Crippen LogP contribution in [-0.4, -0.2) is 47.9 Å². The number of nitrogens with one attached hydrogen (secondary N) is 1. The second-order valence-corrected chi connectivity index (χ2v) is 7.39. The molecule has 3 rings (SSSR count). The predicted molar refractivity (Wildman–Crippen MR) is 108 cm³/mol. The van der Waals surface area contributed by atoms with Crippen molar-refractivity contribution in [3.8, 4) is 6.07 Å². The van der Waals surface area contributed by atoms with Gasteiger partial charge in [0.1, 0.15) is 0 Å². The third-order valence-electron chi connectivity index (χ3n) is 5.15. The zero-order valence-corrected chi connectivity index (χ0v) is 16.2. The van der Waals surface area contributed by atoms with Crippen LogP contribution in [0.2, 0.25) is 0 Å². The first-order valence-corrected chi connectivity index (χ1v) is 9.33. The van der Waals surface area contributed by atoms with Crippen molar-refractivity contribution in [3.05, 3.63) is 65.7 Å². The maximum atomic E-state index is 13.0. The van der Waals surface area contributed by atoms with E-state index in [0.29, 0.717) is 37.4 Å². The molecule has 0 unspecified atom stereocenters. The highest BCUT2D eigenvalue weighted by Gasteiger charge is 2.35. The zero-order valence-electron chi connectivity index (χ0n) is 16.2. The van der Waals surface area contributed by atoms with E-state index in [1.54, 1.807) is 29.2 Å². The molecule has 0 aliphatic carbocycles. The van der Waals surface area contributed by atoms with Crippen molar-refractivity contribution in [2.24, 2.45) is 0 Å². The summed E-state index contributed by atoms with van der Waals surface area (Å²) in [6.45, 7) is 5.87. The number of carbonyl (C=O) groups excluding carboxylic acids is 2. The van der Waals surface area contributed by atoms with E-state index in [9.17, 15) is 9.59 Å². The fourth-order valence-corrected chi connectivity index (χ4v) is 3.32. The molecular weight excluding hydrogens is 352 g/mol. The van der Waals surface area contributed by atoms with Gasteiger partial charge in [-0.15, -0.1) is 0 Å². The SMILES string of the molecule is CC(C)(C(=O)N1CCN(C(=O)Nc2ccc(C#N)cc2)CC1)c1ccccc1. The van der Waals surface area contributed by atoms with Crippen LogP contribution in [0.5, 0.6) is 0 Å². The topological polar surface area (TPSA) is 76.4 Å². The lowest BCUT2D eigenvalue weighted by atomic mass is 9.83. The lowest BCUT2D eigenvalue weighted by molar-refractivity contribution is -0.137. The van der Waals surface area contributed by atoms with E-state index < -0.39 is 5.41 Å². The molecule has 1 fully saturated rings. The molecule has 0 atom stereocenters. The first-order chi connectivity index (χ1) is 13.4. The number of carbonyl (C=O) groups is 2. The summed E-state index contributed by atoms with van der Waals surface area (Å²) in [5.41, 5.74) is 1.58. The highest BCUT2D eigenvalue weighted by Crippen LogP contribution is 2.26. The molecule has 0 radical (unpaired) electrons. The Balaban J connectivity index is 1.57. The summed E-state index contributed by atoms with van der Waals surface area (Å²) < 4.78 is 0. The van der Waals surface area contributed by atoms with Crippen molar-refractivity contribution in [2.45, 2.75) is 19.3 Å². The number of nitriles is 1.